The molecule has 0 radical (unpaired) electrons. The molecule has 0 bridgehead atoms. The monoisotopic (exact) mass is 379 g/mol. The van der Waals surface area contributed by atoms with Gasteiger partial charge in [0, 0.05) is 56.0 Å². The summed E-state index contributed by atoms with van der Waals surface area (Å²) in [5, 5.41) is 9.46. The molecule has 2 amide bonds. The molecule has 2 aliphatic heterocycles. The van der Waals surface area contributed by atoms with Crippen LogP contribution in [0, 0.1) is 5.41 Å². The van der Waals surface area contributed by atoms with E-state index >= 15 is 0 Å². The van der Waals surface area contributed by atoms with E-state index in [1.165, 1.54) is 0 Å². The van der Waals surface area contributed by atoms with Crippen LogP contribution in [0.15, 0.2) is 48.8 Å². The standard InChI is InChI=1S/C22H25N3O3/c26-19-4-2-18(3-5-19)21(28)24-13-1-9-22(15-24)10-6-20(27)25(16-22)14-17-7-11-23-12-8-17/h2-5,7-8,11-12,26H,1,6,9-10,13-16H2. The predicted molar refractivity (Wildman–Crippen MR) is 105 cm³/mol. The van der Waals surface area contributed by atoms with Crippen LogP contribution in [-0.2, 0) is 11.3 Å². The number of pyridine rings is 1. The summed E-state index contributed by atoms with van der Waals surface area (Å²) in [6.07, 6.45) is 6.84. The minimum atomic E-state index is -0.0359. The van der Waals surface area contributed by atoms with Gasteiger partial charge in [0.1, 0.15) is 5.75 Å². The summed E-state index contributed by atoms with van der Waals surface area (Å²) in [5.74, 6) is 0.338. The highest BCUT2D eigenvalue weighted by atomic mass is 16.3. The molecule has 0 aliphatic carbocycles. The molecule has 1 unspecified atom stereocenters. The molecule has 1 spiro atoms. The van der Waals surface area contributed by atoms with Crippen LogP contribution in [0.4, 0.5) is 0 Å². The summed E-state index contributed by atoms with van der Waals surface area (Å²) in [5.41, 5.74) is 1.63. The summed E-state index contributed by atoms with van der Waals surface area (Å²) in [7, 11) is 0. The lowest BCUT2D eigenvalue weighted by Gasteiger charge is -2.48. The van der Waals surface area contributed by atoms with Crippen molar-refractivity contribution in [2.45, 2.75) is 32.2 Å². The summed E-state index contributed by atoms with van der Waals surface area (Å²) in [6, 6.07) is 10.3. The number of piperidine rings is 2. The molecule has 2 aliphatic rings. The lowest BCUT2D eigenvalue weighted by atomic mass is 9.73. The number of aromatic nitrogens is 1. The van der Waals surface area contributed by atoms with E-state index in [2.05, 4.69) is 4.98 Å². The lowest BCUT2D eigenvalue weighted by molar-refractivity contribution is -0.139. The third kappa shape index (κ3) is 3.86. The molecule has 2 fully saturated rings. The fraction of sp³-hybridized carbons (Fsp3) is 0.409. The van der Waals surface area contributed by atoms with Crippen LogP contribution in [0.5, 0.6) is 5.75 Å². The maximum atomic E-state index is 12.9. The summed E-state index contributed by atoms with van der Waals surface area (Å²) in [4.78, 5) is 33.3. The minimum absolute atomic E-state index is 0.00309. The van der Waals surface area contributed by atoms with Crippen LogP contribution in [0.3, 0.4) is 0 Å². The van der Waals surface area contributed by atoms with Crippen molar-refractivity contribution in [1.82, 2.24) is 14.8 Å². The van der Waals surface area contributed by atoms with Gasteiger partial charge < -0.3 is 14.9 Å². The second-order valence-corrected chi connectivity index (χ2v) is 7.98. The van der Waals surface area contributed by atoms with Gasteiger partial charge >= 0.3 is 0 Å². The van der Waals surface area contributed by atoms with Crippen molar-refractivity contribution in [3.63, 3.8) is 0 Å². The normalized spacial score (nSPS) is 22.5. The maximum Gasteiger partial charge on any atom is 0.253 e. The first-order valence-corrected chi connectivity index (χ1v) is 9.80. The fourth-order valence-corrected chi connectivity index (χ4v) is 4.46. The zero-order valence-corrected chi connectivity index (χ0v) is 15.9. The van der Waals surface area contributed by atoms with Gasteiger partial charge in [0.05, 0.1) is 0 Å². The van der Waals surface area contributed by atoms with Gasteiger partial charge in [-0.2, -0.15) is 0 Å². The Morgan fingerprint density at radius 3 is 2.57 bits per heavy atom. The molecular formula is C22H25N3O3. The third-order valence-electron chi connectivity index (χ3n) is 5.93. The van der Waals surface area contributed by atoms with Gasteiger partial charge in [0.15, 0.2) is 0 Å². The van der Waals surface area contributed by atoms with Crippen LogP contribution >= 0.6 is 0 Å². The fourth-order valence-electron chi connectivity index (χ4n) is 4.46. The van der Waals surface area contributed by atoms with Gasteiger partial charge in [0.2, 0.25) is 5.91 Å². The van der Waals surface area contributed by atoms with Crippen LogP contribution in [0.2, 0.25) is 0 Å². The molecule has 1 N–H and O–H groups in total. The van der Waals surface area contributed by atoms with Crippen molar-refractivity contribution in [1.29, 1.82) is 0 Å². The molecule has 1 aromatic carbocycles. The molecule has 28 heavy (non-hydrogen) atoms. The zero-order valence-electron chi connectivity index (χ0n) is 15.9. The highest BCUT2D eigenvalue weighted by Gasteiger charge is 2.42. The zero-order chi connectivity index (χ0) is 19.6. The largest absolute Gasteiger partial charge is 0.508 e. The van der Waals surface area contributed by atoms with Crippen molar-refractivity contribution in [2.75, 3.05) is 19.6 Å². The Labute approximate surface area is 164 Å². The van der Waals surface area contributed by atoms with E-state index in [0.29, 0.717) is 31.6 Å². The quantitative estimate of drug-likeness (QED) is 0.890. The first kappa shape index (κ1) is 18.5. The van der Waals surface area contributed by atoms with Crippen LogP contribution in [0.1, 0.15) is 41.6 Å². The van der Waals surface area contributed by atoms with Crippen LogP contribution < -0.4 is 0 Å². The first-order chi connectivity index (χ1) is 13.5. The van der Waals surface area contributed by atoms with Gasteiger partial charge in [-0.1, -0.05) is 0 Å². The van der Waals surface area contributed by atoms with E-state index < -0.39 is 0 Å². The predicted octanol–water partition coefficient (Wildman–Crippen LogP) is 2.83. The molecule has 4 rings (SSSR count). The van der Waals surface area contributed by atoms with Gasteiger partial charge in [-0.15, -0.1) is 0 Å². The average Bonchev–Trinajstić information content (AvgIpc) is 2.72. The van der Waals surface area contributed by atoms with Gasteiger partial charge in [-0.3, -0.25) is 14.6 Å². The van der Waals surface area contributed by atoms with E-state index in [0.717, 1.165) is 31.4 Å². The second-order valence-electron chi connectivity index (χ2n) is 7.98. The summed E-state index contributed by atoms with van der Waals surface area (Å²) >= 11 is 0. The molecule has 2 saturated heterocycles. The van der Waals surface area contributed by atoms with Crippen molar-refractivity contribution in [2.24, 2.45) is 5.41 Å². The number of carbonyl (C=O) groups excluding carboxylic acids is 2. The number of likely N-dealkylation sites (tertiary alicyclic amines) is 2. The Morgan fingerprint density at radius 1 is 1.07 bits per heavy atom. The Balaban J connectivity index is 1.48. The number of phenols is 1. The summed E-state index contributed by atoms with van der Waals surface area (Å²) < 4.78 is 0. The molecule has 0 saturated carbocycles. The number of benzene rings is 1. The second kappa shape index (κ2) is 7.62. The Hall–Kier alpha value is -2.89. The van der Waals surface area contributed by atoms with Gasteiger partial charge in [0.25, 0.3) is 5.91 Å². The van der Waals surface area contributed by atoms with E-state index in [1.54, 1.807) is 36.7 Å². The van der Waals surface area contributed by atoms with Crippen molar-refractivity contribution >= 4 is 11.8 Å². The minimum Gasteiger partial charge on any atom is -0.508 e. The number of nitrogens with zero attached hydrogens (tertiary/aromatic N) is 3. The molecule has 146 valence electrons. The molecule has 6 nitrogen and oxygen atoms in total. The topological polar surface area (TPSA) is 73.7 Å². The molecule has 1 atom stereocenters. The van der Waals surface area contributed by atoms with E-state index in [4.69, 9.17) is 0 Å². The Morgan fingerprint density at radius 2 is 1.82 bits per heavy atom. The van der Waals surface area contributed by atoms with Crippen molar-refractivity contribution < 1.29 is 14.7 Å². The highest BCUT2D eigenvalue weighted by Crippen LogP contribution is 2.39. The summed E-state index contributed by atoms with van der Waals surface area (Å²) in [6.45, 7) is 2.69. The number of hydrogen-bond donors (Lipinski definition) is 1. The molecule has 2 aromatic rings. The number of rotatable bonds is 3. The van der Waals surface area contributed by atoms with E-state index in [1.807, 2.05) is 21.9 Å². The average molecular weight is 379 g/mol. The molecule has 1 aromatic heterocycles. The molecule has 3 heterocycles. The third-order valence-corrected chi connectivity index (χ3v) is 5.93. The molecule has 6 heteroatoms. The van der Waals surface area contributed by atoms with Crippen molar-refractivity contribution in [3.8, 4) is 5.75 Å². The Bertz CT molecular complexity index is 853. The highest BCUT2D eigenvalue weighted by molar-refractivity contribution is 5.94. The van der Waals surface area contributed by atoms with Crippen LogP contribution in [0.25, 0.3) is 0 Å². The van der Waals surface area contributed by atoms with E-state index in [-0.39, 0.29) is 23.0 Å². The number of hydrogen-bond acceptors (Lipinski definition) is 4. The van der Waals surface area contributed by atoms with Crippen molar-refractivity contribution in [3.05, 3.63) is 59.9 Å². The first-order valence-electron chi connectivity index (χ1n) is 9.80. The SMILES string of the molecule is O=C1CCC2(CCCN(C(=O)c3ccc(O)cc3)C2)CN1Cc1ccncc1. The number of carbonyl (C=O) groups is 2. The molecular weight excluding hydrogens is 354 g/mol. The van der Waals surface area contributed by atoms with E-state index in [9.17, 15) is 14.7 Å². The maximum absolute atomic E-state index is 12.9. The number of phenolic OH excluding ortho intramolecular Hbond substituents is 1. The van der Waals surface area contributed by atoms with Crippen LogP contribution in [-0.4, -0.2) is 51.3 Å². The number of amides is 2. The smallest absolute Gasteiger partial charge is 0.253 e. The van der Waals surface area contributed by atoms with Gasteiger partial charge in [-0.25, -0.2) is 0 Å². The Kier molecular flexibility index (Phi) is 5.03. The van der Waals surface area contributed by atoms with Gasteiger partial charge in [-0.05, 0) is 61.2 Å². The lowest BCUT2D eigenvalue weighted by Crippen LogP contribution is -2.54. The number of aromatic hydroxyl groups is 1.